The van der Waals surface area contributed by atoms with E-state index in [1.165, 1.54) is 0 Å². The van der Waals surface area contributed by atoms with E-state index in [0.717, 1.165) is 33.1 Å². The zero-order valence-corrected chi connectivity index (χ0v) is 13.6. The van der Waals surface area contributed by atoms with E-state index in [2.05, 4.69) is 38.5 Å². The summed E-state index contributed by atoms with van der Waals surface area (Å²) in [7, 11) is 0. The fourth-order valence-corrected chi connectivity index (χ4v) is 3.15. The number of alkyl halides is 1. The first kappa shape index (κ1) is 13.6. The number of benzene rings is 1. The van der Waals surface area contributed by atoms with Crippen LogP contribution in [0.5, 0.6) is 0 Å². The molecule has 1 amide bonds. The van der Waals surface area contributed by atoms with Crippen LogP contribution in [0.25, 0.3) is 0 Å². The average Bonchev–Trinajstić information content (AvgIpc) is 2.80. The molecule has 1 saturated heterocycles. The first-order valence-corrected chi connectivity index (χ1v) is 7.82. The number of carbonyl (C=O) groups excluding carboxylic acids is 1. The van der Waals surface area contributed by atoms with Crippen LogP contribution in [0.3, 0.4) is 0 Å². The molecule has 0 radical (unpaired) electrons. The average molecular weight is 428 g/mol. The number of nitrogens with zero attached hydrogens (tertiary/aromatic N) is 1. The Kier molecular flexibility index (Phi) is 4.72. The third-order valence-corrected chi connectivity index (χ3v) is 4.82. The molecule has 0 aliphatic carbocycles. The first-order chi connectivity index (χ1) is 8.11. The van der Waals surface area contributed by atoms with Crippen LogP contribution in [-0.2, 0) is 0 Å². The zero-order chi connectivity index (χ0) is 12.4. The first-order valence-electron chi connectivity index (χ1n) is 5.42. The minimum atomic E-state index is 0.114. The van der Waals surface area contributed by atoms with E-state index in [1.807, 2.05) is 23.1 Å². The van der Waals surface area contributed by atoms with Gasteiger partial charge in [-0.15, -0.1) is 11.6 Å². The number of amides is 1. The number of rotatable bonds is 2. The van der Waals surface area contributed by atoms with Crippen LogP contribution in [-0.4, -0.2) is 29.8 Å². The highest BCUT2D eigenvalue weighted by Gasteiger charge is 2.27. The summed E-state index contributed by atoms with van der Waals surface area (Å²) in [6.45, 7) is 1.60. The molecule has 17 heavy (non-hydrogen) atoms. The van der Waals surface area contributed by atoms with Gasteiger partial charge in [-0.3, -0.25) is 4.79 Å². The highest BCUT2D eigenvalue weighted by atomic mass is 127. The maximum absolute atomic E-state index is 12.3. The minimum absolute atomic E-state index is 0.114. The summed E-state index contributed by atoms with van der Waals surface area (Å²) in [4.78, 5) is 14.2. The van der Waals surface area contributed by atoms with Crippen molar-refractivity contribution in [2.45, 2.75) is 6.42 Å². The Labute approximate surface area is 128 Å². The summed E-state index contributed by atoms with van der Waals surface area (Å²) in [5, 5.41) is 0. The molecule has 1 unspecified atom stereocenters. The van der Waals surface area contributed by atoms with Gasteiger partial charge in [-0.25, -0.2) is 0 Å². The molecule has 1 fully saturated rings. The predicted octanol–water partition coefficient (Wildman–Crippen LogP) is 3.75. The van der Waals surface area contributed by atoms with Crippen molar-refractivity contribution in [2.24, 2.45) is 5.92 Å². The van der Waals surface area contributed by atoms with Crippen LogP contribution in [0, 0.1) is 9.49 Å². The van der Waals surface area contributed by atoms with Crippen LogP contribution in [0.15, 0.2) is 22.7 Å². The van der Waals surface area contributed by atoms with Gasteiger partial charge in [0.1, 0.15) is 0 Å². The maximum Gasteiger partial charge on any atom is 0.254 e. The Morgan fingerprint density at radius 2 is 2.35 bits per heavy atom. The Morgan fingerprint density at radius 3 is 3.00 bits per heavy atom. The van der Waals surface area contributed by atoms with Crippen LogP contribution < -0.4 is 0 Å². The summed E-state index contributed by atoms with van der Waals surface area (Å²) in [6, 6.07) is 5.79. The quantitative estimate of drug-likeness (QED) is 0.519. The highest BCUT2D eigenvalue weighted by Crippen LogP contribution is 2.24. The van der Waals surface area contributed by atoms with E-state index < -0.39 is 0 Å². The van der Waals surface area contributed by atoms with Crippen LogP contribution in [0.1, 0.15) is 16.8 Å². The van der Waals surface area contributed by atoms with Gasteiger partial charge in [0.25, 0.3) is 5.91 Å². The van der Waals surface area contributed by atoms with Crippen molar-refractivity contribution in [2.75, 3.05) is 19.0 Å². The summed E-state index contributed by atoms with van der Waals surface area (Å²) in [5.41, 5.74) is 0.773. The lowest BCUT2D eigenvalue weighted by Crippen LogP contribution is -2.29. The fourth-order valence-electron chi connectivity index (χ4n) is 1.97. The number of halogens is 3. The molecule has 1 aliphatic heterocycles. The van der Waals surface area contributed by atoms with Gasteiger partial charge in [0, 0.05) is 27.0 Å². The lowest BCUT2D eigenvalue weighted by atomic mass is 10.1. The molecule has 0 aromatic heterocycles. The number of hydrogen-bond donors (Lipinski definition) is 0. The SMILES string of the molecule is O=C(c1cc(Br)ccc1I)N1CCC(CCl)C1. The van der Waals surface area contributed by atoms with E-state index in [9.17, 15) is 4.79 Å². The third-order valence-electron chi connectivity index (χ3n) is 2.95. The smallest absolute Gasteiger partial charge is 0.254 e. The maximum atomic E-state index is 12.3. The molecule has 2 nitrogen and oxygen atoms in total. The second-order valence-corrected chi connectivity index (χ2v) is 6.57. The lowest BCUT2D eigenvalue weighted by molar-refractivity contribution is 0.0787. The molecule has 0 N–H and O–H groups in total. The Bertz CT molecular complexity index is 441. The van der Waals surface area contributed by atoms with Crippen molar-refractivity contribution >= 4 is 56.0 Å². The van der Waals surface area contributed by atoms with Crippen molar-refractivity contribution in [1.29, 1.82) is 0 Å². The Balaban J connectivity index is 2.17. The number of carbonyl (C=O) groups is 1. The predicted molar refractivity (Wildman–Crippen MR) is 81.6 cm³/mol. The number of hydrogen-bond acceptors (Lipinski definition) is 1. The van der Waals surface area contributed by atoms with E-state index in [0.29, 0.717) is 11.8 Å². The molecule has 5 heteroatoms. The monoisotopic (exact) mass is 427 g/mol. The molecule has 0 bridgehead atoms. The molecule has 1 heterocycles. The molecule has 0 saturated carbocycles. The zero-order valence-electron chi connectivity index (χ0n) is 9.13. The third kappa shape index (κ3) is 3.15. The van der Waals surface area contributed by atoms with E-state index in [-0.39, 0.29) is 5.91 Å². The van der Waals surface area contributed by atoms with Gasteiger partial charge < -0.3 is 4.90 Å². The molecule has 1 aromatic carbocycles. The fraction of sp³-hybridized carbons (Fsp3) is 0.417. The second kappa shape index (κ2) is 5.89. The van der Waals surface area contributed by atoms with Gasteiger partial charge in [0.15, 0.2) is 0 Å². The summed E-state index contributed by atoms with van der Waals surface area (Å²) in [6.07, 6.45) is 1.01. The van der Waals surface area contributed by atoms with Gasteiger partial charge in [-0.2, -0.15) is 0 Å². The Morgan fingerprint density at radius 1 is 1.59 bits per heavy atom. The summed E-state index contributed by atoms with van der Waals surface area (Å²) >= 11 is 11.4. The van der Waals surface area contributed by atoms with Crippen molar-refractivity contribution in [1.82, 2.24) is 4.90 Å². The summed E-state index contributed by atoms with van der Waals surface area (Å²) < 4.78 is 1.93. The molecule has 92 valence electrons. The Hall–Kier alpha value is 0.190. The topological polar surface area (TPSA) is 20.3 Å². The summed E-state index contributed by atoms with van der Waals surface area (Å²) in [5.74, 6) is 1.20. The molecular formula is C12H12BrClINO. The largest absolute Gasteiger partial charge is 0.338 e. The van der Waals surface area contributed by atoms with Crippen molar-refractivity contribution in [3.8, 4) is 0 Å². The normalized spacial score (nSPS) is 19.7. The van der Waals surface area contributed by atoms with Crippen LogP contribution in [0.4, 0.5) is 0 Å². The van der Waals surface area contributed by atoms with Crippen molar-refractivity contribution in [3.05, 3.63) is 31.8 Å². The van der Waals surface area contributed by atoms with Gasteiger partial charge in [-0.05, 0) is 53.1 Å². The van der Waals surface area contributed by atoms with E-state index in [4.69, 9.17) is 11.6 Å². The highest BCUT2D eigenvalue weighted by molar-refractivity contribution is 14.1. The lowest BCUT2D eigenvalue weighted by Gasteiger charge is -2.17. The van der Waals surface area contributed by atoms with Gasteiger partial charge >= 0.3 is 0 Å². The van der Waals surface area contributed by atoms with Gasteiger partial charge in [0.05, 0.1) is 5.56 Å². The van der Waals surface area contributed by atoms with Crippen LogP contribution >= 0.6 is 50.1 Å². The van der Waals surface area contributed by atoms with Crippen molar-refractivity contribution < 1.29 is 4.79 Å². The molecule has 1 aliphatic rings. The second-order valence-electron chi connectivity index (χ2n) is 4.18. The molecule has 2 rings (SSSR count). The standard InChI is InChI=1S/C12H12BrClINO/c13-9-1-2-11(15)10(5-9)12(17)16-4-3-8(6-14)7-16/h1-2,5,8H,3-4,6-7H2. The molecule has 1 atom stereocenters. The molecular weight excluding hydrogens is 416 g/mol. The van der Waals surface area contributed by atoms with E-state index in [1.54, 1.807) is 0 Å². The van der Waals surface area contributed by atoms with Gasteiger partial charge in [-0.1, -0.05) is 15.9 Å². The van der Waals surface area contributed by atoms with Crippen LogP contribution in [0.2, 0.25) is 0 Å². The molecule has 0 spiro atoms. The minimum Gasteiger partial charge on any atom is -0.338 e. The van der Waals surface area contributed by atoms with Crippen molar-refractivity contribution in [3.63, 3.8) is 0 Å². The number of likely N-dealkylation sites (tertiary alicyclic amines) is 1. The molecule has 1 aromatic rings. The van der Waals surface area contributed by atoms with E-state index >= 15 is 0 Å². The van der Waals surface area contributed by atoms with Gasteiger partial charge in [0.2, 0.25) is 0 Å².